The largest absolute Gasteiger partial charge is 0.573 e. The van der Waals surface area contributed by atoms with Gasteiger partial charge in [0.2, 0.25) is 0 Å². The number of carbonyl (C=O) groups excluding carboxylic acids is 2. The maximum absolute atomic E-state index is 12.3. The normalized spacial score (nSPS) is 22.1. The monoisotopic (exact) mass is 343 g/mol. The van der Waals surface area contributed by atoms with E-state index in [1.165, 1.54) is 18.2 Å². The second-order valence-electron chi connectivity index (χ2n) is 5.79. The molecule has 2 amide bonds. The highest BCUT2D eigenvalue weighted by Crippen LogP contribution is 2.24. The smallest absolute Gasteiger partial charge is 0.406 e. The van der Waals surface area contributed by atoms with Crippen molar-refractivity contribution >= 4 is 11.8 Å². The molecule has 0 aliphatic carbocycles. The van der Waals surface area contributed by atoms with E-state index < -0.39 is 18.2 Å². The Bertz CT molecular complexity index is 650. The minimum atomic E-state index is -4.72. The number of fused-ring (bicyclic) bond motifs is 1. The van der Waals surface area contributed by atoms with Gasteiger partial charge < -0.3 is 15.0 Å². The van der Waals surface area contributed by atoms with E-state index in [0.717, 1.165) is 0 Å². The second-order valence-corrected chi connectivity index (χ2v) is 5.79. The van der Waals surface area contributed by atoms with Crippen molar-refractivity contribution in [2.75, 3.05) is 26.2 Å². The lowest BCUT2D eigenvalue weighted by atomic mass is 10.1. The molecular weight excluding hydrogens is 327 g/mol. The van der Waals surface area contributed by atoms with Crippen molar-refractivity contribution in [1.82, 2.24) is 15.1 Å². The van der Waals surface area contributed by atoms with E-state index in [1.54, 1.807) is 11.0 Å². The number of alkyl halides is 3. The summed E-state index contributed by atoms with van der Waals surface area (Å²) in [5.41, 5.74) is 0.691. The molecule has 24 heavy (non-hydrogen) atoms. The summed E-state index contributed by atoms with van der Waals surface area (Å²) in [6, 6.07) is 5.73. The van der Waals surface area contributed by atoms with Crippen molar-refractivity contribution in [3.05, 3.63) is 29.8 Å². The van der Waals surface area contributed by atoms with Crippen molar-refractivity contribution < 1.29 is 27.5 Å². The molecule has 130 valence electrons. The average Bonchev–Trinajstić information content (AvgIpc) is 2.50. The van der Waals surface area contributed by atoms with Crippen LogP contribution in [-0.4, -0.2) is 60.2 Å². The predicted molar refractivity (Wildman–Crippen MR) is 76.9 cm³/mol. The fourth-order valence-corrected chi connectivity index (χ4v) is 3.02. The van der Waals surface area contributed by atoms with Crippen LogP contribution in [0.5, 0.6) is 5.75 Å². The van der Waals surface area contributed by atoms with Crippen LogP contribution in [0.3, 0.4) is 0 Å². The summed E-state index contributed by atoms with van der Waals surface area (Å²) < 4.78 is 40.8. The van der Waals surface area contributed by atoms with Gasteiger partial charge in [-0.15, -0.1) is 13.2 Å². The number of benzene rings is 1. The van der Waals surface area contributed by atoms with Crippen LogP contribution in [-0.2, 0) is 16.1 Å². The Morgan fingerprint density at radius 2 is 2.04 bits per heavy atom. The number of carbonyl (C=O) groups is 2. The van der Waals surface area contributed by atoms with Gasteiger partial charge in [-0.1, -0.05) is 12.1 Å². The van der Waals surface area contributed by atoms with E-state index in [4.69, 9.17) is 0 Å². The first kappa shape index (κ1) is 16.6. The molecule has 0 radical (unpaired) electrons. The highest BCUT2D eigenvalue weighted by molar-refractivity contribution is 6.35. The van der Waals surface area contributed by atoms with E-state index in [1.807, 2.05) is 4.90 Å². The zero-order chi connectivity index (χ0) is 17.3. The van der Waals surface area contributed by atoms with Gasteiger partial charge in [-0.3, -0.25) is 14.5 Å². The van der Waals surface area contributed by atoms with Gasteiger partial charge in [0.1, 0.15) is 5.75 Å². The van der Waals surface area contributed by atoms with Gasteiger partial charge in [0, 0.05) is 32.7 Å². The molecule has 2 aliphatic rings. The molecular formula is C15H16F3N3O3. The Hall–Kier alpha value is -2.29. The third-order valence-corrected chi connectivity index (χ3v) is 4.06. The molecule has 3 rings (SSSR count). The van der Waals surface area contributed by atoms with Crippen LogP contribution in [0.1, 0.15) is 5.56 Å². The van der Waals surface area contributed by atoms with Crippen LogP contribution in [0, 0.1) is 0 Å². The molecule has 2 heterocycles. The van der Waals surface area contributed by atoms with Crippen molar-refractivity contribution in [1.29, 1.82) is 0 Å². The van der Waals surface area contributed by atoms with Gasteiger partial charge in [0.05, 0.1) is 6.04 Å². The number of rotatable bonds is 3. The lowest BCUT2D eigenvalue weighted by Gasteiger charge is -2.43. The van der Waals surface area contributed by atoms with Crippen molar-refractivity contribution in [3.63, 3.8) is 0 Å². The van der Waals surface area contributed by atoms with E-state index in [2.05, 4.69) is 10.1 Å². The lowest BCUT2D eigenvalue weighted by Crippen LogP contribution is -2.65. The van der Waals surface area contributed by atoms with E-state index in [0.29, 0.717) is 38.3 Å². The fourth-order valence-electron chi connectivity index (χ4n) is 3.02. The number of nitrogens with zero attached hydrogens (tertiary/aromatic N) is 2. The van der Waals surface area contributed by atoms with Crippen LogP contribution in [0.25, 0.3) is 0 Å². The molecule has 9 heteroatoms. The first-order valence-corrected chi connectivity index (χ1v) is 7.48. The molecule has 2 aliphatic heterocycles. The SMILES string of the molecule is O=C1NCC2CN(Cc3cccc(OC(F)(F)F)c3)CCN2C1=O. The number of amides is 2. The molecule has 6 nitrogen and oxygen atoms in total. The van der Waals surface area contributed by atoms with Gasteiger partial charge >= 0.3 is 18.2 Å². The summed E-state index contributed by atoms with van der Waals surface area (Å²) >= 11 is 0. The quantitative estimate of drug-likeness (QED) is 0.822. The number of piperazine rings is 2. The molecule has 1 aromatic rings. The zero-order valence-corrected chi connectivity index (χ0v) is 12.7. The molecule has 1 N–H and O–H groups in total. The summed E-state index contributed by atoms with van der Waals surface area (Å²) in [5, 5.41) is 2.55. The molecule has 0 spiro atoms. The summed E-state index contributed by atoms with van der Waals surface area (Å²) in [5.74, 6) is -1.36. The zero-order valence-electron chi connectivity index (χ0n) is 12.7. The summed E-state index contributed by atoms with van der Waals surface area (Å²) in [4.78, 5) is 26.7. The third kappa shape index (κ3) is 3.78. The van der Waals surface area contributed by atoms with Crippen LogP contribution in [0.4, 0.5) is 13.2 Å². The van der Waals surface area contributed by atoms with Crippen LogP contribution in [0.15, 0.2) is 24.3 Å². The maximum atomic E-state index is 12.3. The summed E-state index contributed by atoms with van der Waals surface area (Å²) in [6.45, 7) is 2.37. The summed E-state index contributed by atoms with van der Waals surface area (Å²) in [7, 11) is 0. The molecule has 1 atom stereocenters. The Kier molecular flexibility index (Phi) is 4.35. The van der Waals surface area contributed by atoms with Gasteiger partial charge in [0.15, 0.2) is 0 Å². The Labute approximate surface area is 136 Å². The lowest BCUT2D eigenvalue weighted by molar-refractivity contribution is -0.274. The topological polar surface area (TPSA) is 61.9 Å². The Morgan fingerprint density at radius 3 is 2.79 bits per heavy atom. The Balaban J connectivity index is 1.62. The Morgan fingerprint density at radius 1 is 1.25 bits per heavy atom. The van der Waals surface area contributed by atoms with Crippen molar-refractivity contribution in [2.24, 2.45) is 0 Å². The van der Waals surface area contributed by atoms with Crippen LogP contribution < -0.4 is 10.1 Å². The fraction of sp³-hybridized carbons (Fsp3) is 0.467. The standard InChI is InChI=1S/C15H16F3N3O3/c16-15(17,18)24-12-3-1-2-10(6-12)8-20-4-5-21-11(9-20)7-19-13(22)14(21)23/h1-3,6,11H,4-5,7-9H2,(H,19,22). The van der Waals surface area contributed by atoms with E-state index in [-0.39, 0.29) is 11.8 Å². The molecule has 0 bridgehead atoms. The van der Waals surface area contributed by atoms with Crippen molar-refractivity contribution in [2.45, 2.75) is 18.9 Å². The van der Waals surface area contributed by atoms with Crippen LogP contribution in [0.2, 0.25) is 0 Å². The van der Waals surface area contributed by atoms with Gasteiger partial charge in [-0.25, -0.2) is 0 Å². The van der Waals surface area contributed by atoms with E-state index in [9.17, 15) is 22.8 Å². The number of hydrogen-bond acceptors (Lipinski definition) is 4. The molecule has 0 saturated carbocycles. The summed E-state index contributed by atoms with van der Waals surface area (Å²) in [6.07, 6.45) is -4.72. The number of hydrogen-bond donors (Lipinski definition) is 1. The predicted octanol–water partition coefficient (Wildman–Crippen LogP) is 0.728. The van der Waals surface area contributed by atoms with Gasteiger partial charge in [-0.05, 0) is 17.7 Å². The highest BCUT2D eigenvalue weighted by Gasteiger charge is 2.37. The third-order valence-electron chi connectivity index (χ3n) is 4.06. The molecule has 1 aromatic carbocycles. The van der Waals surface area contributed by atoms with E-state index >= 15 is 0 Å². The first-order valence-electron chi connectivity index (χ1n) is 7.48. The van der Waals surface area contributed by atoms with Gasteiger partial charge in [0.25, 0.3) is 0 Å². The van der Waals surface area contributed by atoms with Gasteiger partial charge in [-0.2, -0.15) is 0 Å². The number of halogens is 3. The second kappa shape index (κ2) is 6.31. The highest BCUT2D eigenvalue weighted by atomic mass is 19.4. The minimum Gasteiger partial charge on any atom is -0.406 e. The van der Waals surface area contributed by atoms with Crippen molar-refractivity contribution in [3.8, 4) is 5.75 Å². The number of ether oxygens (including phenoxy) is 1. The number of nitrogens with one attached hydrogen (secondary N) is 1. The minimum absolute atomic E-state index is 0.112. The first-order chi connectivity index (χ1) is 11.3. The molecule has 2 saturated heterocycles. The molecule has 2 fully saturated rings. The van der Waals surface area contributed by atoms with Crippen LogP contribution >= 0.6 is 0 Å². The maximum Gasteiger partial charge on any atom is 0.573 e. The molecule has 1 unspecified atom stereocenters. The average molecular weight is 343 g/mol. The molecule has 0 aromatic heterocycles.